The van der Waals surface area contributed by atoms with Crippen LogP contribution in [0.25, 0.3) is 0 Å². The van der Waals surface area contributed by atoms with Crippen LogP contribution in [0.5, 0.6) is 0 Å². The second-order valence-corrected chi connectivity index (χ2v) is 6.02. The summed E-state index contributed by atoms with van der Waals surface area (Å²) in [5, 5.41) is 0. The van der Waals surface area contributed by atoms with E-state index < -0.39 is 0 Å². The van der Waals surface area contributed by atoms with Gasteiger partial charge in [-0.1, -0.05) is 18.2 Å². The first kappa shape index (κ1) is 12.8. The first-order valence-corrected chi connectivity index (χ1v) is 7.40. The minimum absolute atomic E-state index is 0.275. The molecule has 2 aromatic rings. The lowest BCUT2D eigenvalue weighted by molar-refractivity contribution is 0.0926. The number of carbonyl (C=O) groups is 2. The first-order chi connectivity index (χ1) is 9.11. The molecule has 1 aliphatic rings. The highest BCUT2D eigenvalue weighted by Crippen LogP contribution is 2.35. The molecule has 3 nitrogen and oxygen atoms in total. The molecule has 0 aromatic heterocycles. The Morgan fingerprint density at radius 1 is 0.895 bits per heavy atom. The number of amides is 2. The fourth-order valence-electron chi connectivity index (χ4n) is 2.07. The van der Waals surface area contributed by atoms with Gasteiger partial charge in [0.2, 0.25) is 0 Å². The zero-order valence-corrected chi connectivity index (χ0v) is 13.3. The summed E-state index contributed by atoms with van der Waals surface area (Å²) in [5.41, 5.74) is 1.50. The molecule has 0 unspecified atom stereocenters. The van der Waals surface area contributed by atoms with Gasteiger partial charge in [0, 0.05) is 3.57 Å². The van der Waals surface area contributed by atoms with E-state index in [9.17, 15) is 9.59 Å². The van der Waals surface area contributed by atoms with Crippen molar-refractivity contribution < 1.29 is 9.59 Å². The summed E-state index contributed by atoms with van der Waals surface area (Å²) in [4.78, 5) is 25.9. The average molecular weight is 428 g/mol. The van der Waals surface area contributed by atoms with E-state index in [-0.39, 0.29) is 11.8 Å². The summed E-state index contributed by atoms with van der Waals surface area (Å²) in [6.45, 7) is 0. The molecular weight excluding hydrogens is 421 g/mol. The Labute approximate surface area is 131 Å². The molecule has 0 radical (unpaired) electrons. The van der Waals surface area contributed by atoms with Crippen LogP contribution in [0.3, 0.4) is 0 Å². The maximum atomic E-state index is 12.4. The van der Waals surface area contributed by atoms with Gasteiger partial charge in [-0.25, -0.2) is 4.90 Å². The normalized spacial score (nSPS) is 13.9. The molecule has 0 saturated carbocycles. The fraction of sp³-hybridized carbons (Fsp3) is 0. The van der Waals surface area contributed by atoms with Gasteiger partial charge in [0.05, 0.1) is 21.3 Å². The molecule has 1 heterocycles. The van der Waals surface area contributed by atoms with Crippen molar-refractivity contribution in [1.29, 1.82) is 0 Å². The topological polar surface area (TPSA) is 37.4 Å². The highest BCUT2D eigenvalue weighted by atomic mass is 127. The SMILES string of the molecule is O=C1c2ccccc2C(=O)N1c1cccc(I)c1Br. The van der Waals surface area contributed by atoms with Crippen molar-refractivity contribution in [1.82, 2.24) is 0 Å². The second kappa shape index (κ2) is 4.72. The van der Waals surface area contributed by atoms with Gasteiger partial charge in [0.1, 0.15) is 0 Å². The third kappa shape index (κ3) is 1.92. The predicted octanol–water partition coefficient (Wildman–Crippen LogP) is 3.85. The van der Waals surface area contributed by atoms with Crippen molar-refractivity contribution in [2.75, 3.05) is 4.90 Å². The molecule has 0 spiro atoms. The molecule has 0 atom stereocenters. The van der Waals surface area contributed by atoms with Crippen LogP contribution >= 0.6 is 38.5 Å². The maximum absolute atomic E-state index is 12.4. The Bertz CT molecular complexity index is 679. The van der Waals surface area contributed by atoms with Gasteiger partial charge >= 0.3 is 0 Å². The molecule has 94 valence electrons. The third-order valence-corrected chi connectivity index (χ3v) is 5.44. The van der Waals surface area contributed by atoms with Gasteiger partial charge in [0.15, 0.2) is 0 Å². The third-order valence-electron chi connectivity index (χ3n) is 2.97. The minimum atomic E-state index is -0.275. The van der Waals surface area contributed by atoms with E-state index in [1.165, 1.54) is 4.90 Å². The molecule has 0 saturated heterocycles. The van der Waals surface area contributed by atoms with E-state index in [4.69, 9.17) is 0 Å². The lowest BCUT2D eigenvalue weighted by atomic mass is 10.1. The lowest BCUT2D eigenvalue weighted by Crippen LogP contribution is -2.29. The number of rotatable bonds is 1. The predicted molar refractivity (Wildman–Crippen MR) is 84.4 cm³/mol. The number of halogens is 2. The van der Waals surface area contributed by atoms with Crippen LogP contribution in [0.2, 0.25) is 0 Å². The van der Waals surface area contributed by atoms with E-state index in [1.807, 2.05) is 12.1 Å². The zero-order valence-electron chi connectivity index (χ0n) is 9.56. The van der Waals surface area contributed by atoms with Crippen LogP contribution in [-0.4, -0.2) is 11.8 Å². The Morgan fingerprint density at radius 3 is 2.05 bits per heavy atom. The van der Waals surface area contributed by atoms with Crippen molar-refractivity contribution in [2.24, 2.45) is 0 Å². The summed E-state index contributed by atoms with van der Waals surface area (Å²) >= 11 is 5.59. The highest BCUT2D eigenvalue weighted by Gasteiger charge is 2.37. The molecule has 2 amide bonds. The van der Waals surface area contributed by atoms with Crippen molar-refractivity contribution in [3.8, 4) is 0 Å². The van der Waals surface area contributed by atoms with Gasteiger partial charge < -0.3 is 0 Å². The van der Waals surface area contributed by atoms with E-state index in [0.29, 0.717) is 16.8 Å². The zero-order chi connectivity index (χ0) is 13.6. The van der Waals surface area contributed by atoms with Crippen LogP contribution in [0.15, 0.2) is 46.9 Å². The molecule has 3 rings (SSSR count). The van der Waals surface area contributed by atoms with Gasteiger partial charge in [-0.2, -0.15) is 0 Å². The van der Waals surface area contributed by atoms with Crippen LogP contribution in [-0.2, 0) is 0 Å². The van der Waals surface area contributed by atoms with Crippen molar-refractivity contribution >= 4 is 56.0 Å². The van der Waals surface area contributed by atoms with Crippen molar-refractivity contribution in [3.05, 3.63) is 61.6 Å². The molecule has 0 aliphatic carbocycles. The van der Waals surface area contributed by atoms with Crippen LogP contribution in [0, 0.1) is 3.57 Å². The Hall–Kier alpha value is -1.21. The summed E-state index contributed by atoms with van der Waals surface area (Å²) in [5.74, 6) is -0.549. The second-order valence-electron chi connectivity index (χ2n) is 4.06. The molecule has 1 aliphatic heterocycles. The number of carbonyl (C=O) groups excluding carboxylic acids is 2. The Morgan fingerprint density at radius 2 is 1.47 bits per heavy atom. The lowest BCUT2D eigenvalue weighted by Gasteiger charge is -2.16. The van der Waals surface area contributed by atoms with Crippen LogP contribution in [0.4, 0.5) is 5.69 Å². The maximum Gasteiger partial charge on any atom is 0.266 e. The molecule has 2 aromatic carbocycles. The average Bonchev–Trinajstić information content (AvgIpc) is 2.67. The largest absolute Gasteiger partial charge is 0.268 e. The van der Waals surface area contributed by atoms with E-state index >= 15 is 0 Å². The molecule has 5 heteroatoms. The number of imide groups is 1. The van der Waals surface area contributed by atoms with E-state index in [1.54, 1.807) is 30.3 Å². The van der Waals surface area contributed by atoms with Crippen molar-refractivity contribution in [2.45, 2.75) is 0 Å². The number of anilines is 1. The minimum Gasteiger partial charge on any atom is -0.268 e. The molecule has 0 fully saturated rings. The summed E-state index contributed by atoms with van der Waals surface area (Å²) in [6.07, 6.45) is 0. The number of fused-ring (bicyclic) bond motifs is 1. The number of hydrogen-bond donors (Lipinski definition) is 0. The summed E-state index contributed by atoms with van der Waals surface area (Å²) in [6, 6.07) is 12.4. The van der Waals surface area contributed by atoms with Crippen molar-refractivity contribution in [3.63, 3.8) is 0 Å². The van der Waals surface area contributed by atoms with Gasteiger partial charge in [-0.15, -0.1) is 0 Å². The molecule has 0 bridgehead atoms. The summed E-state index contributed by atoms with van der Waals surface area (Å²) < 4.78 is 1.71. The van der Waals surface area contributed by atoms with E-state index in [2.05, 4.69) is 38.5 Å². The van der Waals surface area contributed by atoms with Gasteiger partial charge in [-0.3, -0.25) is 9.59 Å². The van der Waals surface area contributed by atoms with Gasteiger partial charge in [0.25, 0.3) is 11.8 Å². The van der Waals surface area contributed by atoms with E-state index in [0.717, 1.165) is 8.04 Å². The number of nitrogens with zero attached hydrogens (tertiary/aromatic N) is 1. The standard InChI is InChI=1S/C14H7BrINO2/c15-12-10(16)6-3-7-11(12)17-13(18)8-4-1-2-5-9(8)14(17)19/h1-7H. The van der Waals surface area contributed by atoms with Crippen LogP contribution in [0.1, 0.15) is 20.7 Å². The molecule has 19 heavy (non-hydrogen) atoms. The highest BCUT2D eigenvalue weighted by molar-refractivity contribution is 14.1. The smallest absolute Gasteiger partial charge is 0.266 e. The fourth-order valence-corrected chi connectivity index (χ4v) is 3.00. The van der Waals surface area contributed by atoms with Gasteiger partial charge in [-0.05, 0) is 62.8 Å². The first-order valence-electron chi connectivity index (χ1n) is 5.53. The van der Waals surface area contributed by atoms with Crippen LogP contribution < -0.4 is 4.90 Å². The monoisotopic (exact) mass is 427 g/mol. The molecule has 0 N–H and O–H groups in total. The number of benzene rings is 2. The Balaban J connectivity index is 2.17. The molecular formula is C14H7BrINO2. The summed E-state index contributed by atoms with van der Waals surface area (Å²) in [7, 11) is 0. The number of hydrogen-bond acceptors (Lipinski definition) is 2. The quantitative estimate of drug-likeness (QED) is 0.512. The Kier molecular flexibility index (Phi) is 3.18.